The number of amides is 1. The number of alkyl carbamates (subject to hydrolysis) is 1. The first kappa shape index (κ1) is 33.8. The van der Waals surface area contributed by atoms with Crippen molar-refractivity contribution in [2.24, 2.45) is 4.99 Å². The molecule has 43 heavy (non-hydrogen) atoms. The van der Waals surface area contributed by atoms with E-state index in [1.54, 1.807) is 57.1 Å². The summed E-state index contributed by atoms with van der Waals surface area (Å²) in [5.74, 6) is 0.237. The van der Waals surface area contributed by atoms with E-state index in [1.807, 2.05) is 0 Å². The second kappa shape index (κ2) is 15.1. The van der Waals surface area contributed by atoms with Gasteiger partial charge in [0.05, 0.1) is 0 Å². The Morgan fingerprint density at radius 1 is 1.23 bits per heavy atom. The van der Waals surface area contributed by atoms with Crippen LogP contribution in [-0.2, 0) is 26.7 Å². The summed E-state index contributed by atoms with van der Waals surface area (Å²) < 4.78 is 58.4. The molecule has 0 saturated carbocycles. The fourth-order valence-electron chi connectivity index (χ4n) is 5.29. The minimum atomic E-state index is -4.52. The molecule has 0 spiro atoms. The molecule has 1 aliphatic heterocycles. The van der Waals surface area contributed by atoms with E-state index < -0.39 is 29.5 Å². The summed E-state index contributed by atoms with van der Waals surface area (Å²) in [6, 6.07) is 3.86. The van der Waals surface area contributed by atoms with E-state index in [0.29, 0.717) is 43.5 Å². The number of likely N-dealkylation sites (tertiary alicyclic amines) is 1. The fourth-order valence-corrected chi connectivity index (χ4v) is 5.29. The fraction of sp³-hybridized carbons (Fsp3) is 0.548. The van der Waals surface area contributed by atoms with Gasteiger partial charge in [0.2, 0.25) is 0 Å². The molecule has 1 fully saturated rings. The van der Waals surface area contributed by atoms with Crippen LogP contribution in [-0.4, -0.2) is 55.0 Å². The Morgan fingerprint density at radius 2 is 2.00 bits per heavy atom. The molecule has 1 heterocycles. The molecular formula is C31H40BF3N4O4. The van der Waals surface area contributed by atoms with Gasteiger partial charge in [0.25, 0.3) is 0 Å². The zero-order valence-corrected chi connectivity index (χ0v) is 25.5. The van der Waals surface area contributed by atoms with Crippen LogP contribution in [0.2, 0.25) is 0 Å². The number of allylic oxidation sites excluding steroid dienone is 3. The van der Waals surface area contributed by atoms with Gasteiger partial charge in [-0.1, -0.05) is 11.6 Å². The number of hydrogen-bond acceptors (Lipinski definition) is 7. The average molecular weight is 600 g/mol. The van der Waals surface area contributed by atoms with Crippen LogP contribution in [0.4, 0.5) is 18.0 Å². The molecule has 1 aromatic rings. The molecule has 1 aromatic carbocycles. The predicted octanol–water partition coefficient (Wildman–Crippen LogP) is 6.74. The van der Waals surface area contributed by atoms with Crippen molar-refractivity contribution in [3.05, 3.63) is 52.6 Å². The number of rotatable bonds is 9. The van der Waals surface area contributed by atoms with E-state index in [-0.39, 0.29) is 17.2 Å². The zero-order valence-electron chi connectivity index (χ0n) is 25.5. The summed E-state index contributed by atoms with van der Waals surface area (Å²) >= 11 is 0. The number of carbonyl (C=O) groups is 1. The van der Waals surface area contributed by atoms with Gasteiger partial charge in [0.1, 0.15) is 0 Å². The molecule has 8 nitrogen and oxygen atoms in total. The molecule has 1 amide bonds. The van der Waals surface area contributed by atoms with E-state index in [2.05, 4.69) is 16.4 Å². The third-order valence-corrected chi connectivity index (χ3v) is 7.22. The SMILES string of the molecule is C/C=C(\N=C(OC)C1CCCN1C(=BOC#N)NC(=O)OC(C)(C)C)c1ccc(CCC2=CCCCC2)c(C(F)(F)F)c1. The second-order valence-electron chi connectivity index (χ2n) is 11.5. The second-order valence-corrected chi connectivity index (χ2v) is 11.5. The summed E-state index contributed by atoms with van der Waals surface area (Å²) in [5.41, 5.74) is 0.854. The summed E-state index contributed by atoms with van der Waals surface area (Å²) in [5, 5.41) is 11.6. The van der Waals surface area contributed by atoms with Gasteiger partial charge in [-0.05, 0) is 25.7 Å². The first-order valence-corrected chi connectivity index (χ1v) is 14.5. The Bertz CT molecular complexity index is 1310. The van der Waals surface area contributed by atoms with Gasteiger partial charge in [0.15, 0.2) is 0 Å². The molecule has 0 radical (unpaired) electrons. The van der Waals surface area contributed by atoms with Gasteiger partial charge < -0.3 is 0 Å². The monoisotopic (exact) mass is 600 g/mol. The van der Waals surface area contributed by atoms with E-state index in [0.717, 1.165) is 38.9 Å². The van der Waals surface area contributed by atoms with Crippen molar-refractivity contribution in [1.82, 2.24) is 10.2 Å². The molecule has 1 N–H and O–H groups in total. The number of aliphatic imine (C=N–C) groups is 1. The number of alkyl halides is 3. The van der Waals surface area contributed by atoms with Crippen LogP contribution in [0.5, 0.6) is 0 Å². The van der Waals surface area contributed by atoms with E-state index in [1.165, 1.54) is 12.7 Å². The molecule has 1 aliphatic carbocycles. The summed E-state index contributed by atoms with van der Waals surface area (Å²) in [4.78, 5) is 18.9. The van der Waals surface area contributed by atoms with Crippen LogP contribution in [0.25, 0.3) is 5.70 Å². The predicted molar refractivity (Wildman–Crippen MR) is 161 cm³/mol. The first-order valence-electron chi connectivity index (χ1n) is 14.5. The Hall–Kier alpha value is -3.75. The molecule has 2 aliphatic rings. The number of carbonyl (C=O) groups excluding carboxylic acids is 1. The van der Waals surface area contributed by atoms with Crippen molar-refractivity contribution in [3.8, 4) is 6.26 Å². The molecule has 1 unspecified atom stereocenters. The van der Waals surface area contributed by atoms with Crippen molar-refractivity contribution >= 4 is 30.5 Å². The van der Waals surface area contributed by atoms with Crippen LogP contribution >= 0.6 is 0 Å². The number of benzene rings is 1. The molecule has 3 rings (SSSR count). The Morgan fingerprint density at radius 3 is 2.60 bits per heavy atom. The van der Waals surface area contributed by atoms with Gasteiger partial charge in [-0.2, -0.15) is 0 Å². The van der Waals surface area contributed by atoms with Crippen LogP contribution < -0.4 is 5.32 Å². The van der Waals surface area contributed by atoms with Gasteiger partial charge >= 0.3 is 215 Å². The van der Waals surface area contributed by atoms with E-state index in [9.17, 15) is 18.0 Å². The van der Waals surface area contributed by atoms with E-state index in [4.69, 9.17) is 19.4 Å². The van der Waals surface area contributed by atoms with Crippen LogP contribution in [0, 0.1) is 11.5 Å². The zero-order chi connectivity index (χ0) is 31.6. The number of nitriles is 1. The number of nitrogens with one attached hydrogen (secondary N) is 1. The molecular weight excluding hydrogens is 560 g/mol. The Labute approximate surface area is 252 Å². The maximum atomic E-state index is 14.2. The molecule has 1 atom stereocenters. The number of methoxy groups -OCH3 is 1. The van der Waals surface area contributed by atoms with Crippen molar-refractivity contribution in [1.29, 1.82) is 5.26 Å². The molecule has 232 valence electrons. The van der Waals surface area contributed by atoms with Crippen LogP contribution in [0.15, 0.2) is 40.9 Å². The number of ether oxygens (including phenoxy) is 2. The van der Waals surface area contributed by atoms with Crippen molar-refractivity contribution in [2.45, 2.75) is 96.9 Å². The van der Waals surface area contributed by atoms with Gasteiger partial charge in [-0.25, -0.2) is 0 Å². The quantitative estimate of drug-likeness (QED) is 0.111. The van der Waals surface area contributed by atoms with Crippen LogP contribution in [0.1, 0.15) is 89.3 Å². The number of halogens is 3. The van der Waals surface area contributed by atoms with Crippen molar-refractivity contribution in [3.63, 3.8) is 0 Å². The minimum absolute atomic E-state index is 0.168. The standard InChI is InChI=1S/C31H40BF3N4O4/c1-6-25(23-17-16-22(24(19-23)31(33,34)35)15-14-21-11-8-7-9-12-21)37-27(41-5)26-13-10-18-39(26)28(32-42-20-36)38-29(40)43-30(2,3)4/h6,11,16-17,19,26H,7-10,12-15,18H2,1-5H3,(H,38,40)/b25-6-,37-27?. The summed E-state index contributed by atoms with van der Waals surface area (Å²) in [6.45, 7) is 7.34. The number of nitrogens with zero attached hydrogens (tertiary/aromatic N) is 3. The van der Waals surface area contributed by atoms with Gasteiger partial charge in [-0.3, -0.25) is 0 Å². The average Bonchev–Trinajstić information content (AvgIpc) is 3.43. The summed E-state index contributed by atoms with van der Waals surface area (Å²) in [6.07, 6.45) is 6.44. The van der Waals surface area contributed by atoms with Crippen LogP contribution in [0.3, 0.4) is 0 Å². The molecule has 0 bridgehead atoms. The number of hydrogen-bond donors (Lipinski definition) is 1. The van der Waals surface area contributed by atoms with Gasteiger partial charge in [-0.15, -0.1) is 0 Å². The van der Waals surface area contributed by atoms with Gasteiger partial charge in [0, 0.05) is 0 Å². The topological polar surface area (TPSA) is 96.2 Å². The van der Waals surface area contributed by atoms with Crippen molar-refractivity contribution < 1.29 is 32.1 Å². The summed E-state index contributed by atoms with van der Waals surface area (Å²) in [7, 11) is 2.53. The normalized spacial score (nSPS) is 18.4. The van der Waals surface area contributed by atoms with Crippen molar-refractivity contribution in [2.75, 3.05) is 13.7 Å². The number of aryl methyl sites for hydroxylation is 1. The Balaban J connectivity index is 1.90. The molecule has 12 heteroatoms. The molecule has 1 saturated heterocycles. The Kier molecular flexibility index (Phi) is 11.9. The third kappa shape index (κ3) is 9.90. The molecule has 0 aromatic heterocycles. The maximum absolute atomic E-state index is 14.2. The first-order chi connectivity index (χ1) is 20.4. The third-order valence-electron chi connectivity index (χ3n) is 7.22. The van der Waals surface area contributed by atoms with E-state index >= 15 is 0 Å².